The molecule has 1 aromatic heterocycles. The molecule has 0 spiro atoms. The number of nitrogens with one attached hydrogen (secondary N) is 1. The second kappa shape index (κ2) is 9.53. The largest absolute Gasteiger partial charge is 0.478 e. The molecule has 114 valence electrons. The van der Waals surface area contributed by atoms with Crippen LogP contribution in [-0.4, -0.2) is 30.2 Å². The highest BCUT2D eigenvalue weighted by Gasteiger charge is 2.05. The van der Waals surface area contributed by atoms with Crippen LogP contribution in [-0.2, 0) is 11.3 Å². The van der Waals surface area contributed by atoms with E-state index in [1.165, 1.54) is 0 Å². The fraction of sp³-hybridized carbons (Fsp3) is 0.733. The highest BCUT2D eigenvalue weighted by Crippen LogP contribution is 2.15. The first kappa shape index (κ1) is 16.7. The lowest BCUT2D eigenvalue weighted by atomic mass is 10.1. The van der Waals surface area contributed by atoms with Crippen LogP contribution in [0, 0.1) is 5.92 Å². The molecule has 0 aromatic carbocycles. The number of ether oxygens (including phenoxy) is 2. The average molecular weight is 281 g/mol. The van der Waals surface area contributed by atoms with Crippen LogP contribution in [0.1, 0.15) is 45.9 Å². The first-order valence-corrected chi connectivity index (χ1v) is 7.39. The average Bonchev–Trinajstić information content (AvgIpc) is 2.41. The molecule has 0 fully saturated rings. The highest BCUT2D eigenvalue weighted by atomic mass is 16.5. The zero-order valence-corrected chi connectivity index (χ0v) is 13.1. The maximum Gasteiger partial charge on any atom is 0.218 e. The third kappa shape index (κ3) is 6.70. The van der Waals surface area contributed by atoms with Gasteiger partial charge >= 0.3 is 0 Å². The van der Waals surface area contributed by atoms with Crippen LogP contribution in [0.2, 0.25) is 0 Å². The van der Waals surface area contributed by atoms with Gasteiger partial charge in [-0.3, -0.25) is 0 Å². The van der Waals surface area contributed by atoms with Gasteiger partial charge in [0.2, 0.25) is 5.88 Å². The minimum absolute atomic E-state index is 0.393. The molecular weight excluding hydrogens is 254 g/mol. The van der Waals surface area contributed by atoms with E-state index in [9.17, 15) is 0 Å². The lowest BCUT2D eigenvalue weighted by Crippen LogP contribution is -2.08. The van der Waals surface area contributed by atoms with E-state index in [1.54, 1.807) is 7.11 Å². The Kier molecular flexibility index (Phi) is 7.95. The number of rotatable bonds is 10. The van der Waals surface area contributed by atoms with Crippen molar-refractivity contribution in [3.8, 4) is 5.88 Å². The minimum atomic E-state index is 0.393. The van der Waals surface area contributed by atoms with Crippen LogP contribution in [0.25, 0.3) is 0 Å². The molecule has 0 bridgehead atoms. The van der Waals surface area contributed by atoms with E-state index < -0.39 is 0 Å². The third-order valence-electron chi connectivity index (χ3n) is 2.75. The Balaban J connectivity index is 2.60. The summed E-state index contributed by atoms with van der Waals surface area (Å²) in [5, 5.41) is 3.26. The van der Waals surface area contributed by atoms with Gasteiger partial charge < -0.3 is 14.8 Å². The summed E-state index contributed by atoms with van der Waals surface area (Å²) >= 11 is 0. The Labute approximate surface area is 122 Å². The summed E-state index contributed by atoms with van der Waals surface area (Å²) in [5.74, 6) is 2.77. The number of hydrogen-bond acceptors (Lipinski definition) is 5. The summed E-state index contributed by atoms with van der Waals surface area (Å²) < 4.78 is 10.8. The molecule has 0 radical (unpaired) electrons. The second-order valence-electron chi connectivity index (χ2n) is 5.25. The van der Waals surface area contributed by atoms with Gasteiger partial charge in [-0.2, -0.15) is 4.98 Å². The van der Waals surface area contributed by atoms with Crippen molar-refractivity contribution in [2.24, 2.45) is 5.92 Å². The molecule has 5 heteroatoms. The van der Waals surface area contributed by atoms with Gasteiger partial charge in [-0.25, -0.2) is 4.98 Å². The molecule has 0 aliphatic heterocycles. The molecule has 0 aliphatic rings. The van der Waals surface area contributed by atoms with E-state index >= 15 is 0 Å². The van der Waals surface area contributed by atoms with Crippen molar-refractivity contribution in [1.82, 2.24) is 9.97 Å². The van der Waals surface area contributed by atoms with Gasteiger partial charge in [-0.15, -0.1) is 0 Å². The number of hydrogen-bond donors (Lipinski definition) is 1. The molecule has 20 heavy (non-hydrogen) atoms. The van der Waals surface area contributed by atoms with E-state index in [4.69, 9.17) is 9.47 Å². The van der Waals surface area contributed by atoms with E-state index in [-0.39, 0.29) is 0 Å². The van der Waals surface area contributed by atoms with Crippen LogP contribution < -0.4 is 10.1 Å². The lowest BCUT2D eigenvalue weighted by Gasteiger charge is -2.11. The molecule has 0 atom stereocenters. The summed E-state index contributed by atoms with van der Waals surface area (Å²) in [7, 11) is 1.64. The maximum absolute atomic E-state index is 5.72. The fourth-order valence-electron chi connectivity index (χ4n) is 1.75. The standard InChI is InChI=1S/C15H27N3O2/c1-5-8-16-13-10-15(18-14(17-13)11-19-4)20-9-6-7-12(2)3/h10,12H,5-9,11H2,1-4H3,(H,16,17,18). The van der Waals surface area contributed by atoms with Crippen LogP contribution >= 0.6 is 0 Å². The van der Waals surface area contributed by atoms with E-state index in [0.717, 1.165) is 31.6 Å². The van der Waals surface area contributed by atoms with Crippen molar-refractivity contribution >= 4 is 5.82 Å². The lowest BCUT2D eigenvalue weighted by molar-refractivity contribution is 0.176. The van der Waals surface area contributed by atoms with E-state index in [1.807, 2.05) is 6.07 Å². The molecule has 0 saturated carbocycles. The summed E-state index contributed by atoms with van der Waals surface area (Å²) in [6, 6.07) is 1.85. The summed E-state index contributed by atoms with van der Waals surface area (Å²) in [5.41, 5.74) is 0. The molecule has 1 N–H and O–H groups in total. The van der Waals surface area contributed by atoms with Gasteiger partial charge in [-0.05, 0) is 25.2 Å². The van der Waals surface area contributed by atoms with Crippen molar-refractivity contribution in [2.45, 2.75) is 46.6 Å². The summed E-state index contributed by atoms with van der Waals surface area (Å²) in [6.45, 7) is 8.52. The molecule has 0 amide bonds. The number of anilines is 1. The molecular formula is C15H27N3O2. The minimum Gasteiger partial charge on any atom is -0.478 e. The SMILES string of the molecule is CCCNc1cc(OCCCC(C)C)nc(COC)n1. The van der Waals surface area contributed by atoms with Crippen LogP contribution in [0.4, 0.5) is 5.82 Å². The molecule has 0 aliphatic carbocycles. The zero-order chi connectivity index (χ0) is 14.8. The number of nitrogens with zero attached hydrogens (tertiary/aromatic N) is 2. The van der Waals surface area contributed by atoms with Gasteiger partial charge in [0.15, 0.2) is 5.82 Å². The van der Waals surface area contributed by atoms with Crippen molar-refractivity contribution in [3.05, 3.63) is 11.9 Å². The van der Waals surface area contributed by atoms with Crippen LogP contribution in [0.15, 0.2) is 6.07 Å². The summed E-state index contributed by atoms with van der Waals surface area (Å²) in [4.78, 5) is 8.74. The quantitative estimate of drug-likeness (QED) is 0.667. The Morgan fingerprint density at radius 2 is 2.10 bits per heavy atom. The third-order valence-corrected chi connectivity index (χ3v) is 2.75. The topological polar surface area (TPSA) is 56.3 Å². The Hall–Kier alpha value is -1.36. The molecule has 1 aromatic rings. The summed E-state index contributed by atoms with van der Waals surface area (Å²) in [6.07, 6.45) is 3.25. The Bertz CT molecular complexity index is 383. The van der Waals surface area contributed by atoms with Gasteiger partial charge in [0.25, 0.3) is 0 Å². The predicted molar refractivity (Wildman–Crippen MR) is 81.1 cm³/mol. The van der Waals surface area contributed by atoms with Gasteiger partial charge in [0.1, 0.15) is 12.4 Å². The Morgan fingerprint density at radius 1 is 1.30 bits per heavy atom. The molecule has 0 saturated heterocycles. The van der Waals surface area contributed by atoms with Gasteiger partial charge in [-0.1, -0.05) is 20.8 Å². The normalized spacial score (nSPS) is 10.8. The monoisotopic (exact) mass is 281 g/mol. The van der Waals surface area contributed by atoms with E-state index in [2.05, 4.69) is 36.1 Å². The first-order chi connectivity index (χ1) is 9.65. The zero-order valence-electron chi connectivity index (χ0n) is 13.1. The van der Waals surface area contributed by atoms with E-state index in [0.29, 0.717) is 30.8 Å². The Morgan fingerprint density at radius 3 is 2.75 bits per heavy atom. The molecule has 1 heterocycles. The predicted octanol–water partition coefficient (Wildman–Crippen LogP) is 3.26. The van der Waals surface area contributed by atoms with Crippen molar-refractivity contribution in [3.63, 3.8) is 0 Å². The molecule has 0 unspecified atom stereocenters. The maximum atomic E-state index is 5.72. The van der Waals surface area contributed by atoms with Crippen LogP contribution in [0.3, 0.4) is 0 Å². The van der Waals surface area contributed by atoms with Crippen molar-refractivity contribution < 1.29 is 9.47 Å². The number of methoxy groups -OCH3 is 1. The smallest absolute Gasteiger partial charge is 0.218 e. The number of aromatic nitrogens is 2. The highest BCUT2D eigenvalue weighted by molar-refractivity contribution is 5.38. The first-order valence-electron chi connectivity index (χ1n) is 7.39. The fourth-order valence-corrected chi connectivity index (χ4v) is 1.75. The van der Waals surface area contributed by atoms with Gasteiger partial charge in [0, 0.05) is 19.7 Å². The van der Waals surface area contributed by atoms with Crippen LogP contribution in [0.5, 0.6) is 5.88 Å². The second-order valence-corrected chi connectivity index (χ2v) is 5.25. The van der Waals surface area contributed by atoms with Crippen molar-refractivity contribution in [1.29, 1.82) is 0 Å². The van der Waals surface area contributed by atoms with Crippen molar-refractivity contribution in [2.75, 3.05) is 25.6 Å². The molecule has 1 rings (SSSR count). The van der Waals surface area contributed by atoms with Gasteiger partial charge in [0.05, 0.1) is 6.61 Å². The molecule has 5 nitrogen and oxygen atoms in total.